The van der Waals surface area contributed by atoms with E-state index in [-0.39, 0.29) is 16.7 Å². The highest BCUT2D eigenvalue weighted by atomic mass is 14.8. The van der Waals surface area contributed by atoms with Gasteiger partial charge in [-0.05, 0) is 118 Å². The SMILES string of the molecule is CC1=C(c2ccc3c(c2)C(C)(C)c2cc(C)ccc2-3)C=Cc2ccc3c(c2C1C)N=C(C1=CCC2=C(C1)C(C)(C)c1ccccc12)CC3. The van der Waals surface area contributed by atoms with Crippen LogP contribution in [0.1, 0.15) is 117 Å². The molecule has 1 unspecified atom stereocenters. The van der Waals surface area contributed by atoms with Gasteiger partial charge in [-0.2, -0.15) is 0 Å². The van der Waals surface area contributed by atoms with Crippen molar-refractivity contribution in [2.45, 2.75) is 90.9 Å². The lowest BCUT2D eigenvalue weighted by molar-refractivity contribution is 0.621. The third kappa shape index (κ3) is 4.12. The molecule has 0 amide bonds. The van der Waals surface area contributed by atoms with Gasteiger partial charge < -0.3 is 0 Å². The van der Waals surface area contributed by atoms with Gasteiger partial charge in [-0.15, -0.1) is 0 Å². The van der Waals surface area contributed by atoms with Crippen LogP contribution in [0.2, 0.25) is 0 Å². The predicted octanol–water partition coefficient (Wildman–Crippen LogP) is 12.4. The molecule has 9 rings (SSSR count). The first-order valence-corrected chi connectivity index (χ1v) is 17.9. The summed E-state index contributed by atoms with van der Waals surface area (Å²) in [6.45, 7) is 16.6. The van der Waals surface area contributed by atoms with Crippen molar-refractivity contribution in [1.82, 2.24) is 0 Å². The van der Waals surface area contributed by atoms with Crippen molar-refractivity contribution in [3.8, 4) is 11.1 Å². The molecule has 0 fully saturated rings. The van der Waals surface area contributed by atoms with E-state index in [2.05, 4.69) is 139 Å². The summed E-state index contributed by atoms with van der Waals surface area (Å²) in [5, 5.41) is 0. The molecule has 1 heteroatoms. The highest BCUT2D eigenvalue weighted by molar-refractivity contribution is 6.05. The Morgan fingerprint density at radius 1 is 0.729 bits per heavy atom. The zero-order chi connectivity index (χ0) is 33.1. The molecule has 5 aliphatic rings. The number of hydrogen-bond acceptors (Lipinski definition) is 1. The molecule has 1 atom stereocenters. The minimum Gasteiger partial charge on any atom is -0.253 e. The zero-order valence-electron chi connectivity index (χ0n) is 29.5. The summed E-state index contributed by atoms with van der Waals surface area (Å²) >= 11 is 0. The van der Waals surface area contributed by atoms with Gasteiger partial charge in [-0.3, -0.25) is 4.99 Å². The van der Waals surface area contributed by atoms with Crippen LogP contribution in [-0.4, -0.2) is 5.71 Å². The Morgan fingerprint density at radius 2 is 1.50 bits per heavy atom. The molecule has 0 aromatic heterocycles. The smallest absolute Gasteiger partial charge is 0.0709 e. The number of aliphatic imine (C=N–C) groups is 1. The molecular weight excluding hydrogens is 579 g/mol. The minimum absolute atomic E-state index is 0.0184. The van der Waals surface area contributed by atoms with E-state index in [1.165, 1.54) is 89.3 Å². The van der Waals surface area contributed by atoms with E-state index in [4.69, 9.17) is 4.99 Å². The van der Waals surface area contributed by atoms with Crippen LogP contribution in [0.25, 0.3) is 28.3 Å². The van der Waals surface area contributed by atoms with E-state index < -0.39 is 0 Å². The second kappa shape index (κ2) is 10.3. The van der Waals surface area contributed by atoms with Gasteiger partial charge in [-0.1, -0.05) is 136 Å². The van der Waals surface area contributed by atoms with Gasteiger partial charge in [0, 0.05) is 22.5 Å². The fraction of sp³-hybridized carbons (Fsp3) is 0.298. The number of aryl methyl sites for hydroxylation is 2. The second-order valence-electron chi connectivity index (χ2n) is 16.0. The van der Waals surface area contributed by atoms with Gasteiger partial charge in [0.2, 0.25) is 0 Å². The zero-order valence-corrected chi connectivity index (χ0v) is 29.5. The Bertz CT molecular complexity index is 2260. The molecule has 0 bridgehead atoms. The standard InChI is InChI=1S/C47H45N/c1-27-12-19-36-38-21-16-32(25-41(38)47(6,7)40(36)24-27)34-20-15-30-13-14-31-18-23-43(48-45(31)44(30)29(3)28(34)2)33-17-22-37-35-10-8-9-11-39(35)46(4,5)42(37)26-33/h8-17,19-21,24-25,29H,18,22-23,26H2,1-7H3. The van der Waals surface area contributed by atoms with Crippen LogP contribution < -0.4 is 0 Å². The van der Waals surface area contributed by atoms with E-state index in [1.54, 1.807) is 11.1 Å². The number of hydrogen-bond donors (Lipinski definition) is 0. The lowest BCUT2D eigenvalue weighted by Crippen LogP contribution is -2.21. The molecule has 4 aromatic rings. The minimum atomic E-state index is -0.0184. The molecule has 0 radical (unpaired) electrons. The molecule has 0 spiro atoms. The third-order valence-electron chi connectivity index (χ3n) is 12.6. The molecule has 48 heavy (non-hydrogen) atoms. The number of nitrogens with zero attached hydrogens (tertiary/aromatic N) is 1. The third-order valence-corrected chi connectivity index (χ3v) is 12.6. The number of rotatable bonds is 2. The summed E-state index contributed by atoms with van der Waals surface area (Å²) in [5.74, 6) is 0.266. The molecule has 238 valence electrons. The van der Waals surface area contributed by atoms with Gasteiger partial charge in [0.25, 0.3) is 0 Å². The monoisotopic (exact) mass is 623 g/mol. The molecule has 4 aromatic carbocycles. The van der Waals surface area contributed by atoms with Gasteiger partial charge in [0.1, 0.15) is 0 Å². The fourth-order valence-corrected chi connectivity index (χ4v) is 9.64. The average molecular weight is 624 g/mol. The summed E-state index contributed by atoms with van der Waals surface area (Å²) in [4.78, 5) is 5.58. The van der Waals surface area contributed by atoms with Crippen molar-refractivity contribution in [2.75, 3.05) is 0 Å². The Balaban J connectivity index is 1.08. The highest BCUT2D eigenvalue weighted by Gasteiger charge is 2.39. The van der Waals surface area contributed by atoms with Gasteiger partial charge in [0.15, 0.2) is 0 Å². The van der Waals surface area contributed by atoms with E-state index >= 15 is 0 Å². The molecule has 1 aliphatic heterocycles. The van der Waals surface area contributed by atoms with Gasteiger partial charge in [-0.25, -0.2) is 0 Å². The summed E-state index contributed by atoms with van der Waals surface area (Å²) in [6, 6.07) is 27.9. The lowest BCUT2D eigenvalue weighted by Gasteiger charge is -2.29. The molecule has 0 saturated heterocycles. The quantitative estimate of drug-likeness (QED) is 0.211. The first kappa shape index (κ1) is 29.6. The second-order valence-corrected chi connectivity index (χ2v) is 16.0. The first-order chi connectivity index (χ1) is 23.0. The number of benzene rings is 4. The maximum atomic E-state index is 5.58. The topological polar surface area (TPSA) is 12.4 Å². The Hall–Kier alpha value is -4.49. The van der Waals surface area contributed by atoms with Crippen LogP contribution in [0, 0.1) is 6.92 Å². The van der Waals surface area contributed by atoms with Crippen molar-refractivity contribution < 1.29 is 0 Å². The van der Waals surface area contributed by atoms with E-state index in [1.807, 2.05) is 0 Å². The summed E-state index contributed by atoms with van der Waals surface area (Å²) in [5.41, 5.74) is 25.2. The van der Waals surface area contributed by atoms with Crippen molar-refractivity contribution in [2.24, 2.45) is 4.99 Å². The Labute approximate surface area is 286 Å². The molecular formula is C47H45N. The summed E-state index contributed by atoms with van der Waals surface area (Å²) in [7, 11) is 0. The summed E-state index contributed by atoms with van der Waals surface area (Å²) < 4.78 is 0. The van der Waals surface area contributed by atoms with Crippen molar-refractivity contribution in [3.63, 3.8) is 0 Å². The van der Waals surface area contributed by atoms with Crippen LogP contribution in [-0.2, 0) is 17.3 Å². The largest absolute Gasteiger partial charge is 0.253 e. The molecule has 0 N–H and O–H groups in total. The molecule has 4 aliphatic carbocycles. The Kier molecular flexibility index (Phi) is 6.33. The van der Waals surface area contributed by atoms with Gasteiger partial charge in [0.05, 0.1) is 5.69 Å². The van der Waals surface area contributed by atoms with Crippen LogP contribution in [0.5, 0.6) is 0 Å². The maximum absolute atomic E-state index is 5.58. The van der Waals surface area contributed by atoms with Gasteiger partial charge >= 0.3 is 0 Å². The normalized spacial score (nSPS) is 21.0. The van der Waals surface area contributed by atoms with Crippen molar-refractivity contribution in [3.05, 3.63) is 152 Å². The van der Waals surface area contributed by atoms with Crippen LogP contribution in [0.3, 0.4) is 0 Å². The fourth-order valence-electron chi connectivity index (χ4n) is 9.64. The molecule has 1 nitrogen and oxygen atoms in total. The van der Waals surface area contributed by atoms with Crippen LogP contribution in [0.4, 0.5) is 5.69 Å². The summed E-state index contributed by atoms with van der Waals surface area (Å²) in [6.07, 6.45) is 11.3. The lowest BCUT2D eigenvalue weighted by atomic mass is 9.76. The number of fused-ring (bicyclic) bond motifs is 8. The van der Waals surface area contributed by atoms with Crippen molar-refractivity contribution >= 4 is 28.6 Å². The number of allylic oxidation sites excluding steroid dienone is 7. The van der Waals surface area contributed by atoms with E-state index in [0.717, 1.165) is 25.7 Å². The predicted molar refractivity (Wildman–Crippen MR) is 204 cm³/mol. The van der Waals surface area contributed by atoms with E-state index in [0.29, 0.717) is 0 Å². The maximum Gasteiger partial charge on any atom is 0.0709 e. The van der Waals surface area contributed by atoms with Crippen molar-refractivity contribution in [1.29, 1.82) is 0 Å². The Morgan fingerprint density at radius 3 is 2.33 bits per heavy atom. The van der Waals surface area contributed by atoms with Crippen LogP contribution in [0.15, 0.2) is 107 Å². The highest BCUT2D eigenvalue weighted by Crippen LogP contribution is 2.53. The van der Waals surface area contributed by atoms with Crippen LogP contribution >= 0.6 is 0 Å². The first-order valence-electron chi connectivity index (χ1n) is 17.9. The molecule has 1 heterocycles. The molecule has 0 saturated carbocycles. The van der Waals surface area contributed by atoms with E-state index in [9.17, 15) is 0 Å². The average Bonchev–Trinajstić information content (AvgIpc) is 3.39.